The third-order valence-corrected chi connectivity index (χ3v) is 9.65. The Kier molecular flexibility index (Phi) is 4.70. The minimum atomic E-state index is -0.219. The van der Waals surface area contributed by atoms with Gasteiger partial charge in [0, 0.05) is 5.41 Å². The minimum Gasteiger partial charge on any atom is -0.392 e. The van der Waals surface area contributed by atoms with Crippen molar-refractivity contribution >= 4 is 0 Å². The molecule has 0 saturated heterocycles. The first-order valence-corrected chi connectivity index (χ1v) is 11.4. The fourth-order valence-corrected chi connectivity index (χ4v) is 8.28. The van der Waals surface area contributed by atoms with E-state index in [-0.39, 0.29) is 11.5 Å². The van der Waals surface area contributed by atoms with E-state index >= 15 is 0 Å². The lowest BCUT2D eigenvalue weighted by molar-refractivity contribution is -0.0879. The summed E-state index contributed by atoms with van der Waals surface area (Å²) < 4.78 is 0. The lowest BCUT2D eigenvalue weighted by atomic mass is 9.46. The van der Waals surface area contributed by atoms with Gasteiger partial charge >= 0.3 is 0 Å². The molecule has 0 amide bonds. The number of aliphatic hydroxyl groups excluding tert-OH is 1. The van der Waals surface area contributed by atoms with Gasteiger partial charge in [0.05, 0.1) is 6.10 Å². The molecule has 0 spiro atoms. The molecule has 1 N–H and O–H groups in total. The van der Waals surface area contributed by atoms with Crippen molar-refractivity contribution in [1.29, 1.82) is 0 Å². The summed E-state index contributed by atoms with van der Waals surface area (Å²) in [7, 11) is 0. The van der Waals surface area contributed by atoms with Gasteiger partial charge in [-0.1, -0.05) is 64.3 Å². The first-order valence-electron chi connectivity index (χ1n) is 11.4. The summed E-state index contributed by atoms with van der Waals surface area (Å²) in [6.45, 7) is 14.1. The van der Waals surface area contributed by atoms with E-state index in [9.17, 15) is 5.11 Å². The third kappa shape index (κ3) is 2.52. The molecule has 0 aromatic carbocycles. The van der Waals surface area contributed by atoms with Gasteiger partial charge in [-0.15, -0.1) is 0 Å². The maximum absolute atomic E-state index is 11.1. The van der Waals surface area contributed by atoms with Crippen LogP contribution in [0.3, 0.4) is 0 Å². The Balaban J connectivity index is 1.64. The zero-order valence-electron chi connectivity index (χ0n) is 17.6. The topological polar surface area (TPSA) is 20.2 Å². The summed E-state index contributed by atoms with van der Waals surface area (Å²) >= 11 is 0. The predicted octanol–water partition coefficient (Wildman–Crippen LogP) is 6.53. The standard InChI is InChI=1S/C25H40O/c1-6-7-17(3)20-10-11-21-19-9-8-18-14-16(2)15-23(26)25(18,5)22(19)12-13-24(20,21)4/h8,17,19-23,26H,2,6-7,9-15H2,1,3-5H3/t17?,19?,20?,21?,22?,23-,24?,25?/m0/s1. The Morgan fingerprint density at radius 1 is 1.23 bits per heavy atom. The molecule has 0 aromatic rings. The van der Waals surface area contributed by atoms with Crippen molar-refractivity contribution in [2.24, 2.45) is 40.4 Å². The normalized spacial score (nSPS) is 49.0. The van der Waals surface area contributed by atoms with Crippen molar-refractivity contribution in [3.63, 3.8) is 0 Å². The van der Waals surface area contributed by atoms with Gasteiger partial charge in [0.15, 0.2) is 0 Å². The molecule has 1 nitrogen and oxygen atoms in total. The molecule has 0 heterocycles. The van der Waals surface area contributed by atoms with Crippen molar-refractivity contribution in [3.8, 4) is 0 Å². The van der Waals surface area contributed by atoms with Crippen LogP contribution in [0.5, 0.6) is 0 Å². The Morgan fingerprint density at radius 3 is 2.73 bits per heavy atom. The smallest absolute Gasteiger partial charge is 0.0670 e. The van der Waals surface area contributed by atoms with Crippen LogP contribution in [-0.4, -0.2) is 11.2 Å². The summed E-state index contributed by atoms with van der Waals surface area (Å²) in [4.78, 5) is 0. The zero-order valence-corrected chi connectivity index (χ0v) is 17.6. The summed E-state index contributed by atoms with van der Waals surface area (Å²) in [5.41, 5.74) is 3.30. The third-order valence-electron chi connectivity index (χ3n) is 9.65. The molecule has 4 aliphatic carbocycles. The Labute approximate surface area is 161 Å². The van der Waals surface area contributed by atoms with Crippen LogP contribution < -0.4 is 0 Å². The largest absolute Gasteiger partial charge is 0.392 e. The van der Waals surface area contributed by atoms with Crippen molar-refractivity contribution < 1.29 is 5.11 Å². The molecule has 26 heavy (non-hydrogen) atoms. The summed E-state index contributed by atoms with van der Waals surface area (Å²) in [6, 6.07) is 0. The van der Waals surface area contributed by atoms with Gasteiger partial charge in [-0.05, 0) is 80.0 Å². The van der Waals surface area contributed by atoms with Gasteiger partial charge in [0.1, 0.15) is 0 Å². The highest BCUT2D eigenvalue weighted by molar-refractivity contribution is 5.32. The number of allylic oxidation sites excluding steroid dienone is 1. The molecule has 8 atom stereocenters. The van der Waals surface area contributed by atoms with E-state index in [1.807, 2.05) is 0 Å². The first-order chi connectivity index (χ1) is 12.3. The summed E-state index contributed by atoms with van der Waals surface area (Å²) in [5.74, 6) is 4.15. The van der Waals surface area contributed by atoms with Gasteiger partial charge in [-0.3, -0.25) is 0 Å². The molecule has 4 aliphatic rings. The van der Waals surface area contributed by atoms with Crippen LogP contribution in [0.15, 0.2) is 23.8 Å². The molecule has 4 rings (SSSR count). The van der Waals surface area contributed by atoms with Gasteiger partial charge in [0.25, 0.3) is 0 Å². The average Bonchev–Trinajstić information content (AvgIpc) is 2.94. The Bertz CT molecular complexity index is 603. The molecule has 0 aromatic heterocycles. The Morgan fingerprint density at radius 2 is 2.00 bits per heavy atom. The van der Waals surface area contributed by atoms with Crippen LogP contribution in [0, 0.1) is 40.4 Å². The van der Waals surface area contributed by atoms with Crippen molar-refractivity contribution in [2.45, 2.75) is 91.6 Å². The lowest BCUT2D eigenvalue weighted by Crippen LogP contribution is -2.54. The number of fused-ring (bicyclic) bond motifs is 5. The highest BCUT2D eigenvalue weighted by atomic mass is 16.3. The molecule has 0 bridgehead atoms. The molecule has 3 fully saturated rings. The molecular formula is C25H40O. The maximum Gasteiger partial charge on any atom is 0.0670 e. The van der Waals surface area contributed by atoms with Crippen molar-refractivity contribution in [1.82, 2.24) is 0 Å². The minimum absolute atomic E-state index is 0.0125. The fraction of sp³-hybridized carbons (Fsp3) is 0.840. The second kappa shape index (κ2) is 6.50. The van der Waals surface area contributed by atoms with E-state index in [1.54, 1.807) is 0 Å². The van der Waals surface area contributed by atoms with Gasteiger partial charge in [-0.2, -0.15) is 0 Å². The number of hydrogen-bond acceptors (Lipinski definition) is 1. The van der Waals surface area contributed by atoms with Crippen LogP contribution >= 0.6 is 0 Å². The number of hydrogen-bond donors (Lipinski definition) is 1. The first kappa shape index (κ1) is 18.8. The maximum atomic E-state index is 11.1. The van der Waals surface area contributed by atoms with Gasteiger partial charge in [-0.25, -0.2) is 0 Å². The van der Waals surface area contributed by atoms with Crippen LogP contribution in [0.2, 0.25) is 0 Å². The van der Waals surface area contributed by atoms with E-state index in [1.165, 1.54) is 56.1 Å². The van der Waals surface area contributed by atoms with Crippen molar-refractivity contribution in [3.05, 3.63) is 23.8 Å². The number of rotatable bonds is 3. The second-order valence-corrected chi connectivity index (χ2v) is 10.8. The van der Waals surface area contributed by atoms with Crippen LogP contribution in [0.4, 0.5) is 0 Å². The van der Waals surface area contributed by atoms with E-state index in [4.69, 9.17) is 0 Å². The monoisotopic (exact) mass is 356 g/mol. The number of aliphatic hydroxyl groups is 1. The average molecular weight is 357 g/mol. The van der Waals surface area contributed by atoms with E-state index in [0.29, 0.717) is 11.3 Å². The van der Waals surface area contributed by atoms with E-state index in [0.717, 1.165) is 36.5 Å². The Hall–Kier alpha value is -0.560. The molecule has 0 radical (unpaired) electrons. The SMILES string of the molecule is C=C1CC2=CCC3C4CCC(C(C)CCC)C4(C)CCC3C2(C)[C@@H](O)C1. The predicted molar refractivity (Wildman–Crippen MR) is 110 cm³/mol. The second-order valence-electron chi connectivity index (χ2n) is 10.8. The quantitative estimate of drug-likeness (QED) is 0.570. The van der Waals surface area contributed by atoms with Crippen LogP contribution in [0.1, 0.15) is 85.5 Å². The van der Waals surface area contributed by atoms with Gasteiger partial charge < -0.3 is 5.11 Å². The molecular weight excluding hydrogens is 316 g/mol. The highest BCUT2D eigenvalue weighted by Crippen LogP contribution is 2.67. The lowest BCUT2D eigenvalue weighted by Gasteiger charge is -2.59. The molecule has 146 valence electrons. The van der Waals surface area contributed by atoms with Gasteiger partial charge in [0.2, 0.25) is 0 Å². The van der Waals surface area contributed by atoms with Crippen LogP contribution in [0.25, 0.3) is 0 Å². The zero-order chi connectivity index (χ0) is 18.7. The molecule has 1 heteroatoms. The highest BCUT2D eigenvalue weighted by Gasteiger charge is 2.60. The van der Waals surface area contributed by atoms with Crippen molar-refractivity contribution in [2.75, 3.05) is 0 Å². The molecule has 3 saturated carbocycles. The van der Waals surface area contributed by atoms with E-state index in [2.05, 4.69) is 40.3 Å². The summed E-state index contributed by atoms with van der Waals surface area (Å²) in [6.07, 6.45) is 13.7. The molecule has 0 aliphatic heterocycles. The van der Waals surface area contributed by atoms with E-state index < -0.39 is 0 Å². The summed E-state index contributed by atoms with van der Waals surface area (Å²) in [5, 5.41) is 11.1. The van der Waals surface area contributed by atoms with Crippen LogP contribution in [-0.2, 0) is 0 Å². The molecule has 7 unspecified atom stereocenters. The fourth-order valence-electron chi connectivity index (χ4n) is 8.28.